The van der Waals surface area contributed by atoms with E-state index in [2.05, 4.69) is 20.9 Å². The van der Waals surface area contributed by atoms with Gasteiger partial charge in [0.05, 0.1) is 4.90 Å². The molecule has 0 saturated heterocycles. The highest BCUT2D eigenvalue weighted by molar-refractivity contribution is 14.0. The number of guanidine groups is 1. The van der Waals surface area contributed by atoms with Crippen LogP contribution >= 0.6 is 24.0 Å². The highest BCUT2D eigenvalue weighted by Gasteiger charge is 2.12. The second-order valence-corrected chi connectivity index (χ2v) is 9.63. The Morgan fingerprint density at radius 2 is 1.69 bits per heavy atom. The van der Waals surface area contributed by atoms with E-state index < -0.39 is 9.84 Å². The first-order chi connectivity index (χ1) is 14.6. The van der Waals surface area contributed by atoms with E-state index in [0.717, 1.165) is 28.8 Å². The molecule has 1 amide bonds. The fourth-order valence-corrected chi connectivity index (χ4v) is 4.00. The van der Waals surface area contributed by atoms with Crippen molar-refractivity contribution in [2.24, 2.45) is 10.9 Å². The number of aryl methyl sites for hydroxylation is 1. The van der Waals surface area contributed by atoms with Crippen molar-refractivity contribution in [2.45, 2.75) is 45.2 Å². The number of hydrogen-bond acceptors (Lipinski definition) is 4. The number of amides is 1. The molecule has 2 aromatic carbocycles. The SMILES string of the molecule is CCC(C)C(=O)Nc1cccc(CNC(=NC)NCc2ccc(S(C)(=O)=O)c(C)c2)c1.I. The molecule has 0 spiro atoms. The number of halogens is 1. The lowest BCUT2D eigenvalue weighted by atomic mass is 10.1. The summed E-state index contributed by atoms with van der Waals surface area (Å²) in [6.07, 6.45) is 2.01. The van der Waals surface area contributed by atoms with Crippen LogP contribution < -0.4 is 16.0 Å². The van der Waals surface area contributed by atoms with Gasteiger partial charge >= 0.3 is 0 Å². The molecule has 0 heterocycles. The Morgan fingerprint density at radius 1 is 1.06 bits per heavy atom. The summed E-state index contributed by atoms with van der Waals surface area (Å²) in [6.45, 7) is 6.74. The Kier molecular flexibility index (Phi) is 11.1. The van der Waals surface area contributed by atoms with Crippen LogP contribution in [0.15, 0.2) is 52.4 Å². The monoisotopic (exact) mass is 572 g/mol. The van der Waals surface area contributed by atoms with Crippen LogP contribution in [0.1, 0.15) is 37.0 Å². The number of hydrogen-bond donors (Lipinski definition) is 3. The molecule has 1 atom stereocenters. The van der Waals surface area contributed by atoms with Gasteiger partial charge in [-0.3, -0.25) is 9.79 Å². The van der Waals surface area contributed by atoms with Gasteiger partial charge in [-0.15, -0.1) is 24.0 Å². The van der Waals surface area contributed by atoms with E-state index in [4.69, 9.17) is 0 Å². The molecule has 3 N–H and O–H groups in total. The van der Waals surface area contributed by atoms with Crippen LogP contribution in [0.3, 0.4) is 0 Å². The quantitative estimate of drug-likeness (QED) is 0.254. The molecule has 176 valence electrons. The van der Waals surface area contributed by atoms with Gasteiger partial charge < -0.3 is 16.0 Å². The number of rotatable bonds is 8. The molecule has 0 fully saturated rings. The molecule has 2 rings (SSSR count). The average molecular weight is 573 g/mol. The molecule has 7 nitrogen and oxygen atoms in total. The summed E-state index contributed by atoms with van der Waals surface area (Å²) >= 11 is 0. The van der Waals surface area contributed by atoms with E-state index in [0.29, 0.717) is 23.9 Å². The third kappa shape index (κ3) is 8.42. The van der Waals surface area contributed by atoms with Crippen molar-refractivity contribution in [1.29, 1.82) is 0 Å². The zero-order valence-electron chi connectivity index (χ0n) is 19.2. The van der Waals surface area contributed by atoms with Crippen molar-refractivity contribution >= 4 is 51.4 Å². The first-order valence-electron chi connectivity index (χ1n) is 10.3. The molecule has 0 aliphatic rings. The molecule has 0 aliphatic heterocycles. The number of carbonyl (C=O) groups excluding carboxylic acids is 1. The molecule has 0 bridgehead atoms. The fraction of sp³-hybridized carbons (Fsp3) is 0.391. The highest BCUT2D eigenvalue weighted by Crippen LogP contribution is 2.16. The van der Waals surface area contributed by atoms with E-state index in [9.17, 15) is 13.2 Å². The third-order valence-corrected chi connectivity index (χ3v) is 6.29. The van der Waals surface area contributed by atoms with E-state index in [1.54, 1.807) is 26.1 Å². The lowest BCUT2D eigenvalue weighted by Gasteiger charge is -2.14. The summed E-state index contributed by atoms with van der Waals surface area (Å²) in [5.74, 6) is 0.612. The predicted molar refractivity (Wildman–Crippen MR) is 141 cm³/mol. The summed E-state index contributed by atoms with van der Waals surface area (Å²) in [5, 5.41) is 9.43. The molecule has 9 heteroatoms. The third-order valence-electron chi connectivity index (χ3n) is 5.04. The Bertz CT molecular complexity index is 1050. The van der Waals surface area contributed by atoms with Crippen molar-refractivity contribution in [3.63, 3.8) is 0 Å². The van der Waals surface area contributed by atoms with E-state index >= 15 is 0 Å². The van der Waals surface area contributed by atoms with Crippen LogP contribution in [0, 0.1) is 12.8 Å². The first kappa shape index (κ1) is 27.9. The maximum atomic E-state index is 12.1. The number of nitrogens with one attached hydrogen (secondary N) is 3. The van der Waals surface area contributed by atoms with Gasteiger partial charge in [0, 0.05) is 38.0 Å². The van der Waals surface area contributed by atoms with E-state index in [-0.39, 0.29) is 35.8 Å². The lowest BCUT2D eigenvalue weighted by molar-refractivity contribution is -0.119. The molecule has 2 aromatic rings. The summed E-state index contributed by atoms with van der Waals surface area (Å²) in [5.41, 5.74) is 3.47. The molecule has 0 aliphatic carbocycles. The van der Waals surface area contributed by atoms with Gasteiger partial charge in [-0.25, -0.2) is 8.42 Å². The summed E-state index contributed by atoms with van der Waals surface area (Å²) in [4.78, 5) is 16.7. The van der Waals surface area contributed by atoms with Crippen LogP contribution in [0.2, 0.25) is 0 Å². The summed E-state index contributed by atoms with van der Waals surface area (Å²) in [6, 6.07) is 13.0. The molecule has 1 unspecified atom stereocenters. The Hall–Kier alpha value is -2.14. The number of nitrogens with zero attached hydrogens (tertiary/aromatic N) is 1. The zero-order chi connectivity index (χ0) is 23.0. The zero-order valence-corrected chi connectivity index (χ0v) is 22.4. The number of aliphatic imine (C=N–C) groups is 1. The predicted octanol–water partition coefficient (Wildman–Crippen LogP) is 3.87. The van der Waals surface area contributed by atoms with Gasteiger partial charge in [0.25, 0.3) is 0 Å². The Morgan fingerprint density at radius 3 is 2.22 bits per heavy atom. The van der Waals surface area contributed by atoms with Gasteiger partial charge in [0.1, 0.15) is 0 Å². The van der Waals surface area contributed by atoms with Crippen molar-refractivity contribution in [2.75, 3.05) is 18.6 Å². The number of anilines is 1. The minimum Gasteiger partial charge on any atom is -0.352 e. The molecular weight excluding hydrogens is 539 g/mol. The molecule has 0 radical (unpaired) electrons. The van der Waals surface area contributed by atoms with Gasteiger partial charge in [-0.1, -0.05) is 38.1 Å². The fourth-order valence-electron chi connectivity index (χ4n) is 3.04. The van der Waals surface area contributed by atoms with Gasteiger partial charge in [0.2, 0.25) is 5.91 Å². The average Bonchev–Trinajstić information content (AvgIpc) is 2.72. The second-order valence-electron chi connectivity index (χ2n) is 7.65. The lowest BCUT2D eigenvalue weighted by Crippen LogP contribution is -2.36. The van der Waals surface area contributed by atoms with Crippen molar-refractivity contribution in [1.82, 2.24) is 10.6 Å². The van der Waals surface area contributed by atoms with Crippen molar-refractivity contribution in [3.05, 3.63) is 59.2 Å². The first-order valence-corrected chi connectivity index (χ1v) is 12.2. The molecule has 32 heavy (non-hydrogen) atoms. The number of sulfone groups is 1. The van der Waals surface area contributed by atoms with Crippen molar-refractivity contribution < 1.29 is 13.2 Å². The summed E-state index contributed by atoms with van der Waals surface area (Å²) < 4.78 is 23.5. The van der Waals surface area contributed by atoms with E-state index in [1.165, 1.54) is 6.26 Å². The smallest absolute Gasteiger partial charge is 0.227 e. The van der Waals surface area contributed by atoms with Gasteiger partial charge in [0.15, 0.2) is 15.8 Å². The molecule has 0 aromatic heterocycles. The largest absolute Gasteiger partial charge is 0.352 e. The maximum absolute atomic E-state index is 12.1. The maximum Gasteiger partial charge on any atom is 0.227 e. The van der Waals surface area contributed by atoms with Crippen LogP contribution in [-0.4, -0.2) is 33.6 Å². The Labute approximate surface area is 208 Å². The van der Waals surface area contributed by atoms with Crippen LogP contribution in [0.25, 0.3) is 0 Å². The molecular formula is C23H33IN4O3S. The Balaban J connectivity index is 0.00000512. The standard InChI is InChI=1S/C23H32N4O3S.HI/c1-6-16(2)22(28)27-20-9-7-8-18(13-20)14-25-23(24-4)26-15-19-10-11-21(17(3)12-19)31(5,29)30;/h7-13,16H,6,14-15H2,1-5H3,(H,27,28)(H2,24,25,26);1H. The minimum atomic E-state index is -3.23. The number of benzene rings is 2. The van der Waals surface area contributed by atoms with Gasteiger partial charge in [-0.05, 0) is 48.2 Å². The molecule has 0 saturated carbocycles. The van der Waals surface area contributed by atoms with Crippen LogP contribution in [0.5, 0.6) is 0 Å². The topological polar surface area (TPSA) is 99.7 Å². The summed E-state index contributed by atoms with van der Waals surface area (Å²) in [7, 11) is -1.54. The normalized spacial score (nSPS) is 12.5. The number of carbonyl (C=O) groups is 1. The second kappa shape index (κ2) is 12.8. The van der Waals surface area contributed by atoms with Gasteiger partial charge in [-0.2, -0.15) is 0 Å². The van der Waals surface area contributed by atoms with Crippen LogP contribution in [0.4, 0.5) is 5.69 Å². The minimum absolute atomic E-state index is 0. The van der Waals surface area contributed by atoms with Crippen molar-refractivity contribution in [3.8, 4) is 0 Å². The highest BCUT2D eigenvalue weighted by atomic mass is 127. The van der Waals surface area contributed by atoms with E-state index in [1.807, 2.05) is 44.2 Å². The van der Waals surface area contributed by atoms with Crippen LogP contribution in [-0.2, 0) is 27.7 Å².